The molecule has 0 bridgehead atoms. The van der Waals surface area contributed by atoms with Crippen LogP contribution in [0.3, 0.4) is 0 Å². The number of nitrogens with zero attached hydrogens (tertiary/aromatic N) is 1. The van der Waals surface area contributed by atoms with E-state index < -0.39 is 0 Å². The van der Waals surface area contributed by atoms with Gasteiger partial charge in [-0.1, -0.05) is 36.4 Å². The summed E-state index contributed by atoms with van der Waals surface area (Å²) in [6.45, 7) is 4.68. The summed E-state index contributed by atoms with van der Waals surface area (Å²) in [6, 6.07) is 17.6. The largest absolute Gasteiger partial charge is 1.00 e. The van der Waals surface area contributed by atoms with Gasteiger partial charge >= 0.3 is 0 Å². The zero-order valence-corrected chi connectivity index (χ0v) is 19.4. The molecule has 3 heterocycles. The van der Waals surface area contributed by atoms with Crippen LogP contribution in [0.25, 0.3) is 21.8 Å². The topological polar surface area (TPSA) is 57.6 Å². The van der Waals surface area contributed by atoms with Crippen molar-refractivity contribution in [3.63, 3.8) is 0 Å². The normalized spacial score (nSPS) is 17.9. The van der Waals surface area contributed by atoms with E-state index in [0.29, 0.717) is 6.04 Å². The molecule has 2 aromatic heterocycles. The third-order valence-electron chi connectivity index (χ3n) is 6.89. The Morgan fingerprint density at radius 3 is 1.87 bits per heavy atom. The van der Waals surface area contributed by atoms with Crippen LogP contribution in [0, 0.1) is 0 Å². The van der Waals surface area contributed by atoms with Crippen LogP contribution in [0.4, 0.5) is 0 Å². The molecule has 0 aliphatic carbocycles. The van der Waals surface area contributed by atoms with Gasteiger partial charge in [-0.25, -0.2) is 0 Å². The number of para-hydroxylation sites is 2. The number of benzene rings is 2. The number of fused-ring (bicyclic) bond motifs is 2. The van der Waals surface area contributed by atoms with Crippen molar-refractivity contribution in [1.82, 2.24) is 9.97 Å². The van der Waals surface area contributed by atoms with E-state index in [1.807, 2.05) is 0 Å². The molecule has 4 aromatic rings. The van der Waals surface area contributed by atoms with Crippen LogP contribution in [0.2, 0.25) is 0 Å². The lowest BCUT2D eigenvalue weighted by molar-refractivity contribution is -0.932. The van der Waals surface area contributed by atoms with E-state index in [2.05, 4.69) is 70.9 Å². The van der Waals surface area contributed by atoms with Crippen molar-refractivity contribution in [2.75, 3.05) is 26.2 Å². The monoisotopic (exact) mass is 458 g/mol. The molecule has 6 heteroatoms. The molecule has 0 amide bonds. The molecule has 5 rings (SSSR count). The minimum Gasteiger partial charge on any atom is -1.00 e. The lowest BCUT2D eigenvalue weighted by Crippen LogP contribution is -3.00. The Labute approximate surface area is 196 Å². The van der Waals surface area contributed by atoms with Crippen molar-refractivity contribution < 1.29 is 16.9 Å². The van der Waals surface area contributed by atoms with Crippen LogP contribution in [0.15, 0.2) is 60.9 Å². The van der Waals surface area contributed by atoms with E-state index in [-0.39, 0.29) is 24.8 Å². The molecule has 1 saturated heterocycles. The first-order valence-electron chi connectivity index (χ1n) is 10.9. The molecule has 2 aromatic carbocycles. The highest BCUT2D eigenvalue weighted by molar-refractivity contribution is 5.85. The number of halogens is 2. The van der Waals surface area contributed by atoms with Crippen molar-refractivity contribution in [2.24, 2.45) is 5.73 Å². The first-order chi connectivity index (χ1) is 14.2. The zero-order chi connectivity index (χ0) is 19.7. The number of nitrogens with two attached hydrogens (primary N) is 1. The molecule has 1 fully saturated rings. The molecule has 0 radical (unpaired) electrons. The van der Waals surface area contributed by atoms with E-state index in [1.54, 1.807) is 0 Å². The highest BCUT2D eigenvalue weighted by Crippen LogP contribution is 2.25. The Morgan fingerprint density at radius 1 is 0.839 bits per heavy atom. The molecule has 1 unspecified atom stereocenters. The van der Waals surface area contributed by atoms with Gasteiger partial charge in [0.2, 0.25) is 0 Å². The second-order valence-electron chi connectivity index (χ2n) is 8.82. The zero-order valence-electron chi connectivity index (χ0n) is 17.8. The fraction of sp³-hybridized carbons (Fsp3) is 0.360. The summed E-state index contributed by atoms with van der Waals surface area (Å²) in [5.74, 6) is 0. The SMILES string of the molecule is Cl.NC1CCC[N+](CCc2c[nH]c3ccccc23)(CCc2c[nH]c3ccccc23)C1.[Cl-]. The maximum atomic E-state index is 6.46. The number of likely N-dealkylation sites (tertiary alicyclic amines) is 1. The molecular weight excluding hydrogens is 427 g/mol. The molecule has 166 valence electrons. The maximum absolute atomic E-state index is 6.46. The van der Waals surface area contributed by atoms with Crippen LogP contribution in [0.1, 0.15) is 24.0 Å². The average molecular weight is 459 g/mol. The number of rotatable bonds is 6. The van der Waals surface area contributed by atoms with Crippen LogP contribution < -0.4 is 18.1 Å². The van der Waals surface area contributed by atoms with Crippen LogP contribution in [-0.2, 0) is 12.8 Å². The average Bonchev–Trinajstić information content (AvgIpc) is 3.35. The van der Waals surface area contributed by atoms with Crippen molar-refractivity contribution in [3.05, 3.63) is 72.1 Å². The summed E-state index contributed by atoms with van der Waals surface area (Å²) >= 11 is 0. The summed E-state index contributed by atoms with van der Waals surface area (Å²) in [7, 11) is 0. The lowest BCUT2D eigenvalue weighted by Gasteiger charge is -2.44. The Hall–Kier alpha value is -1.98. The first kappa shape index (κ1) is 23.7. The molecule has 4 nitrogen and oxygen atoms in total. The molecule has 1 atom stereocenters. The molecule has 1 aliphatic heterocycles. The number of hydrogen-bond acceptors (Lipinski definition) is 1. The quantitative estimate of drug-likeness (QED) is 0.379. The van der Waals surface area contributed by atoms with Crippen LogP contribution >= 0.6 is 12.4 Å². The van der Waals surface area contributed by atoms with Gasteiger partial charge in [-0.15, -0.1) is 12.4 Å². The second-order valence-corrected chi connectivity index (χ2v) is 8.82. The van der Waals surface area contributed by atoms with Gasteiger partial charge in [-0.05, 0) is 36.1 Å². The summed E-state index contributed by atoms with van der Waals surface area (Å²) < 4.78 is 1.14. The molecule has 0 saturated carbocycles. The maximum Gasteiger partial charge on any atom is 0.0940 e. The second kappa shape index (κ2) is 10.1. The Kier molecular flexibility index (Phi) is 7.71. The smallest absolute Gasteiger partial charge is 0.0940 e. The molecular formula is C25H32Cl2N4. The lowest BCUT2D eigenvalue weighted by atomic mass is 9.99. The van der Waals surface area contributed by atoms with Gasteiger partial charge in [0.1, 0.15) is 0 Å². The number of aromatic amines is 2. The fourth-order valence-corrected chi connectivity index (χ4v) is 5.28. The van der Waals surface area contributed by atoms with Crippen molar-refractivity contribution in [1.29, 1.82) is 0 Å². The summed E-state index contributed by atoms with van der Waals surface area (Å²) in [5.41, 5.74) is 11.8. The van der Waals surface area contributed by atoms with E-state index >= 15 is 0 Å². The van der Waals surface area contributed by atoms with Gasteiger partial charge < -0.3 is 32.6 Å². The number of aromatic nitrogens is 2. The fourth-order valence-electron chi connectivity index (χ4n) is 5.28. The highest BCUT2D eigenvalue weighted by atomic mass is 35.5. The van der Waals surface area contributed by atoms with E-state index in [1.165, 1.54) is 52.3 Å². The van der Waals surface area contributed by atoms with Gasteiger partial charge in [-0.2, -0.15) is 0 Å². The van der Waals surface area contributed by atoms with Crippen LogP contribution in [0.5, 0.6) is 0 Å². The summed E-state index contributed by atoms with van der Waals surface area (Å²) in [4.78, 5) is 6.87. The molecule has 31 heavy (non-hydrogen) atoms. The van der Waals surface area contributed by atoms with Gasteiger partial charge in [0, 0.05) is 47.0 Å². The van der Waals surface area contributed by atoms with Gasteiger partial charge in [-0.3, -0.25) is 0 Å². The van der Waals surface area contributed by atoms with Crippen molar-refractivity contribution >= 4 is 34.2 Å². The number of nitrogens with one attached hydrogen (secondary N) is 2. The van der Waals surface area contributed by atoms with Crippen molar-refractivity contribution in [3.8, 4) is 0 Å². The molecule has 1 aliphatic rings. The van der Waals surface area contributed by atoms with E-state index in [4.69, 9.17) is 5.73 Å². The number of H-pyrrole nitrogens is 2. The number of hydrogen-bond donors (Lipinski definition) is 3. The predicted molar refractivity (Wildman–Crippen MR) is 128 cm³/mol. The Bertz CT molecular complexity index is 1040. The summed E-state index contributed by atoms with van der Waals surface area (Å²) in [6.07, 6.45) is 9.01. The van der Waals surface area contributed by atoms with E-state index in [9.17, 15) is 0 Å². The van der Waals surface area contributed by atoms with Gasteiger partial charge in [0.25, 0.3) is 0 Å². The van der Waals surface area contributed by atoms with Crippen LogP contribution in [-0.4, -0.2) is 46.7 Å². The third-order valence-corrected chi connectivity index (χ3v) is 6.89. The number of quaternary nitrogens is 1. The molecule has 0 spiro atoms. The number of piperidine rings is 1. The highest BCUT2D eigenvalue weighted by Gasteiger charge is 2.33. The van der Waals surface area contributed by atoms with Gasteiger partial charge in [0.15, 0.2) is 0 Å². The predicted octanol–water partition coefficient (Wildman–Crippen LogP) is 1.80. The minimum atomic E-state index is 0. The Morgan fingerprint density at radius 2 is 1.35 bits per heavy atom. The minimum absolute atomic E-state index is 0. The first-order valence-corrected chi connectivity index (χ1v) is 10.9. The third kappa shape index (κ3) is 4.93. The summed E-state index contributed by atoms with van der Waals surface area (Å²) in [5, 5.41) is 2.73. The Balaban J connectivity index is 0.00000136. The standard InChI is InChI=1S/C25H31N4.2ClH/c26-21-6-5-13-29(18-21,14-11-19-16-27-24-9-3-1-7-22(19)24)15-12-20-17-28-25-10-4-2-8-23(20)25;;/h1-4,7-10,16-17,21,27-28H,5-6,11-15,18,26H2;2*1H/q+1;;/p-1. The van der Waals surface area contributed by atoms with E-state index in [0.717, 1.165) is 37.0 Å². The van der Waals surface area contributed by atoms with Gasteiger partial charge in [0.05, 0.1) is 32.2 Å². The molecule has 4 N–H and O–H groups in total. The van der Waals surface area contributed by atoms with Crippen molar-refractivity contribution in [2.45, 2.75) is 31.7 Å².